The number of carbonyl (C=O) groups is 1. The summed E-state index contributed by atoms with van der Waals surface area (Å²) in [5, 5.41) is 10.5. The molecule has 2 rings (SSSR count). The van der Waals surface area contributed by atoms with E-state index in [2.05, 4.69) is 12.6 Å². The Kier molecular flexibility index (Phi) is 3.51. The third kappa shape index (κ3) is 2.31. The van der Waals surface area contributed by atoms with Crippen LogP contribution in [0.5, 0.6) is 0 Å². The van der Waals surface area contributed by atoms with Gasteiger partial charge in [-0.2, -0.15) is 12.6 Å². The molecule has 1 aromatic rings. The van der Waals surface area contributed by atoms with Crippen molar-refractivity contribution < 1.29 is 14.1 Å². The van der Waals surface area contributed by atoms with Gasteiger partial charge in [0, 0.05) is 19.0 Å². The number of non-ortho nitro benzene ring substituents is 1. The number of halogens is 1. The van der Waals surface area contributed by atoms with Crippen molar-refractivity contribution >= 4 is 29.9 Å². The van der Waals surface area contributed by atoms with Gasteiger partial charge in [-0.3, -0.25) is 14.9 Å². The summed E-state index contributed by atoms with van der Waals surface area (Å²) in [7, 11) is 0. The van der Waals surface area contributed by atoms with Crippen molar-refractivity contribution in [2.45, 2.75) is 6.42 Å². The molecule has 0 saturated carbocycles. The average Bonchev–Trinajstić information content (AvgIpc) is 2.70. The van der Waals surface area contributed by atoms with Gasteiger partial charge in [-0.1, -0.05) is 0 Å². The van der Waals surface area contributed by atoms with E-state index in [4.69, 9.17) is 0 Å². The first-order valence-corrected chi connectivity index (χ1v) is 6.01. The van der Waals surface area contributed by atoms with Crippen LogP contribution in [0.2, 0.25) is 0 Å². The monoisotopic (exact) mass is 270 g/mol. The SMILES string of the molecule is O=C1CC(CS)CN1c1ccc([N+](=O)[O-])cc1F. The number of amides is 1. The molecule has 1 aromatic carbocycles. The fraction of sp³-hybridized carbons (Fsp3) is 0.364. The zero-order valence-corrected chi connectivity index (χ0v) is 10.3. The molecule has 0 N–H and O–H groups in total. The maximum absolute atomic E-state index is 13.7. The molecule has 0 radical (unpaired) electrons. The topological polar surface area (TPSA) is 63.5 Å². The smallest absolute Gasteiger partial charge is 0.272 e. The van der Waals surface area contributed by atoms with Crippen molar-refractivity contribution in [3.8, 4) is 0 Å². The van der Waals surface area contributed by atoms with E-state index in [1.165, 1.54) is 17.0 Å². The Bertz CT molecular complexity index is 509. The molecule has 7 heteroatoms. The van der Waals surface area contributed by atoms with Crippen LogP contribution in [0.4, 0.5) is 15.8 Å². The Morgan fingerprint density at radius 2 is 2.28 bits per heavy atom. The molecule has 1 atom stereocenters. The Labute approximate surface area is 108 Å². The summed E-state index contributed by atoms with van der Waals surface area (Å²) in [6.07, 6.45) is 0.333. The van der Waals surface area contributed by atoms with Crippen LogP contribution in [-0.4, -0.2) is 23.1 Å². The van der Waals surface area contributed by atoms with E-state index >= 15 is 0 Å². The summed E-state index contributed by atoms with van der Waals surface area (Å²) in [6, 6.07) is 3.29. The molecule has 0 aromatic heterocycles. The number of nitro groups is 1. The molecule has 1 aliphatic rings. The maximum Gasteiger partial charge on any atom is 0.272 e. The second-order valence-electron chi connectivity index (χ2n) is 4.15. The van der Waals surface area contributed by atoms with Crippen molar-refractivity contribution in [3.63, 3.8) is 0 Å². The first kappa shape index (κ1) is 12.8. The summed E-state index contributed by atoms with van der Waals surface area (Å²) in [5.41, 5.74) is -0.233. The highest BCUT2D eigenvalue weighted by Gasteiger charge is 2.31. The van der Waals surface area contributed by atoms with E-state index in [0.717, 1.165) is 6.07 Å². The highest BCUT2D eigenvalue weighted by atomic mass is 32.1. The van der Waals surface area contributed by atoms with E-state index < -0.39 is 10.7 Å². The second-order valence-corrected chi connectivity index (χ2v) is 4.52. The molecule has 1 heterocycles. The first-order chi connectivity index (χ1) is 8.52. The lowest BCUT2D eigenvalue weighted by Crippen LogP contribution is -2.25. The van der Waals surface area contributed by atoms with Gasteiger partial charge >= 0.3 is 0 Å². The molecular formula is C11H11FN2O3S. The van der Waals surface area contributed by atoms with Gasteiger partial charge in [0.05, 0.1) is 16.7 Å². The molecule has 0 aliphatic carbocycles. The van der Waals surface area contributed by atoms with Crippen molar-refractivity contribution in [1.29, 1.82) is 0 Å². The zero-order valence-electron chi connectivity index (χ0n) is 9.38. The Hall–Kier alpha value is -1.63. The number of carbonyl (C=O) groups excluding carboxylic acids is 1. The molecule has 1 saturated heterocycles. The van der Waals surface area contributed by atoms with Crippen LogP contribution in [0, 0.1) is 21.8 Å². The summed E-state index contributed by atoms with van der Waals surface area (Å²) >= 11 is 4.12. The molecule has 5 nitrogen and oxygen atoms in total. The van der Waals surface area contributed by atoms with Gasteiger partial charge in [-0.05, 0) is 17.7 Å². The highest BCUT2D eigenvalue weighted by molar-refractivity contribution is 7.80. The fourth-order valence-corrected chi connectivity index (χ4v) is 2.21. The number of nitro benzene ring substituents is 1. The van der Waals surface area contributed by atoms with Crippen molar-refractivity contribution in [2.24, 2.45) is 5.92 Å². The number of thiol groups is 1. The minimum Gasteiger partial charge on any atom is -0.309 e. The van der Waals surface area contributed by atoms with E-state index in [9.17, 15) is 19.3 Å². The van der Waals surface area contributed by atoms with Gasteiger partial charge < -0.3 is 4.90 Å². The van der Waals surface area contributed by atoms with Crippen LogP contribution in [0.15, 0.2) is 18.2 Å². The highest BCUT2D eigenvalue weighted by Crippen LogP contribution is 2.29. The van der Waals surface area contributed by atoms with Crippen molar-refractivity contribution in [1.82, 2.24) is 0 Å². The van der Waals surface area contributed by atoms with Gasteiger partial charge in [-0.25, -0.2) is 4.39 Å². The molecule has 18 heavy (non-hydrogen) atoms. The summed E-state index contributed by atoms with van der Waals surface area (Å²) in [6.45, 7) is 0.400. The maximum atomic E-state index is 13.7. The van der Waals surface area contributed by atoms with Crippen LogP contribution in [-0.2, 0) is 4.79 Å². The van der Waals surface area contributed by atoms with E-state index in [1.54, 1.807) is 0 Å². The molecule has 1 amide bonds. The number of anilines is 1. The lowest BCUT2D eigenvalue weighted by Gasteiger charge is -2.16. The summed E-state index contributed by atoms with van der Waals surface area (Å²) in [4.78, 5) is 22.9. The van der Waals surface area contributed by atoms with Crippen LogP contribution in [0.1, 0.15) is 6.42 Å². The normalized spacial score (nSPS) is 19.3. The Balaban J connectivity index is 2.29. The lowest BCUT2D eigenvalue weighted by atomic mass is 10.1. The summed E-state index contributed by atoms with van der Waals surface area (Å²) in [5.74, 6) is -0.286. The van der Waals surface area contributed by atoms with E-state index in [1.807, 2.05) is 0 Å². The number of benzene rings is 1. The van der Waals surface area contributed by atoms with Crippen molar-refractivity contribution in [3.05, 3.63) is 34.1 Å². The quantitative estimate of drug-likeness (QED) is 0.519. The largest absolute Gasteiger partial charge is 0.309 e. The number of nitrogens with zero attached hydrogens (tertiary/aromatic N) is 2. The predicted molar refractivity (Wildman–Crippen MR) is 67.4 cm³/mol. The van der Waals surface area contributed by atoms with Crippen molar-refractivity contribution in [2.75, 3.05) is 17.2 Å². The van der Waals surface area contributed by atoms with E-state index in [0.29, 0.717) is 18.7 Å². The average molecular weight is 270 g/mol. The zero-order chi connectivity index (χ0) is 13.3. The van der Waals surface area contributed by atoms with Gasteiger partial charge in [0.1, 0.15) is 0 Å². The molecule has 96 valence electrons. The Morgan fingerprint density at radius 1 is 1.56 bits per heavy atom. The minimum absolute atomic E-state index is 0.0925. The standard InChI is InChI=1S/C11H11FN2O3S/c12-9-4-8(14(16)17)1-2-10(9)13-5-7(6-18)3-11(13)15/h1-2,4,7,18H,3,5-6H2. The van der Waals surface area contributed by atoms with E-state index in [-0.39, 0.29) is 23.2 Å². The first-order valence-electron chi connectivity index (χ1n) is 5.38. The number of rotatable bonds is 3. The second kappa shape index (κ2) is 4.93. The molecule has 1 unspecified atom stereocenters. The fourth-order valence-electron chi connectivity index (χ4n) is 1.96. The number of hydrogen-bond acceptors (Lipinski definition) is 4. The summed E-state index contributed by atoms with van der Waals surface area (Å²) < 4.78 is 13.7. The predicted octanol–water partition coefficient (Wildman–Crippen LogP) is 2.02. The molecule has 1 aliphatic heterocycles. The third-order valence-corrected chi connectivity index (χ3v) is 3.41. The van der Waals surface area contributed by atoms with Crippen LogP contribution in [0.25, 0.3) is 0 Å². The molecular weight excluding hydrogens is 259 g/mol. The molecule has 1 fully saturated rings. The molecule has 0 spiro atoms. The van der Waals surface area contributed by atoms with Gasteiger partial charge in [-0.15, -0.1) is 0 Å². The third-order valence-electron chi connectivity index (χ3n) is 2.90. The Morgan fingerprint density at radius 3 is 2.78 bits per heavy atom. The van der Waals surface area contributed by atoms with Crippen LogP contribution in [0.3, 0.4) is 0 Å². The van der Waals surface area contributed by atoms with Crippen LogP contribution < -0.4 is 4.90 Å². The van der Waals surface area contributed by atoms with Gasteiger partial charge in [0.2, 0.25) is 5.91 Å². The minimum atomic E-state index is -0.752. The van der Waals surface area contributed by atoms with Gasteiger partial charge in [0.25, 0.3) is 5.69 Å². The molecule has 0 bridgehead atoms. The van der Waals surface area contributed by atoms with Crippen LogP contribution >= 0.6 is 12.6 Å². The number of hydrogen-bond donors (Lipinski definition) is 1. The lowest BCUT2D eigenvalue weighted by molar-refractivity contribution is -0.385. The van der Waals surface area contributed by atoms with Gasteiger partial charge in [0.15, 0.2) is 5.82 Å².